The Bertz CT molecular complexity index is 2160. The Morgan fingerprint density at radius 3 is 2.37 bits per heavy atom. The maximum atomic E-state index is 6.50. The van der Waals surface area contributed by atoms with E-state index in [4.69, 9.17) is 14.8 Å². The lowest BCUT2D eigenvalue weighted by Crippen LogP contribution is -1.99. The van der Waals surface area contributed by atoms with Gasteiger partial charge in [0.05, 0.1) is 22.9 Å². The van der Waals surface area contributed by atoms with E-state index in [1.807, 2.05) is 41.3 Å². The minimum absolute atomic E-state index is 0.413. The predicted molar refractivity (Wildman–Crippen MR) is 190 cm³/mol. The Morgan fingerprint density at radius 2 is 1.57 bits per heavy atom. The first-order valence-corrected chi connectivity index (χ1v) is 16.3. The fraction of sp³-hybridized carbons (Fsp3) is 0.220. The van der Waals surface area contributed by atoms with E-state index in [1.165, 1.54) is 51.4 Å². The summed E-state index contributed by atoms with van der Waals surface area (Å²) in [4.78, 5) is 4.79. The van der Waals surface area contributed by atoms with Gasteiger partial charge in [-0.2, -0.15) is 5.10 Å². The highest BCUT2D eigenvalue weighted by Crippen LogP contribution is 2.36. The third-order valence-electron chi connectivity index (χ3n) is 8.91. The molecule has 0 fully saturated rings. The molecule has 230 valence electrons. The van der Waals surface area contributed by atoms with Crippen molar-refractivity contribution in [3.8, 4) is 34.1 Å². The van der Waals surface area contributed by atoms with Crippen molar-refractivity contribution in [2.75, 3.05) is 0 Å². The molecule has 3 heterocycles. The number of rotatable bonds is 9. The number of benzene rings is 4. The first-order chi connectivity index (χ1) is 22.4. The van der Waals surface area contributed by atoms with Crippen molar-refractivity contribution in [2.45, 2.75) is 59.8 Å². The molecule has 46 heavy (non-hydrogen) atoms. The Balaban J connectivity index is 1.21. The number of para-hydroxylation sites is 1. The number of ether oxygens (including phenoxy) is 1. The van der Waals surface area contributed by atoms with Crippen LogP contribution in [0.15, 0.2) is 110 Å². The second-order valence-corrected chi connectivity index (χ2v) is 12.6. The molecule has 5 heteroatoms. The molecule has 0 aliphatic rings. The van der Waals surface area contributed by atoms with E-state index in [1.54, 1.807) is 0 Å². The molecule has 0 saturated heterocycles. The number of hydrogen-bond donors (Lipinski definition) is 0. The zero-order valence-electron chi connectivity index (χ0n) is 27.3. The van der Waals surface area contributed by atoms with Crippen LogP contribution < -0.4 is 4.74 Å². The SMILES string of the molecule is CCCCc1cc(C)c(-c2cnn(-c3cccc(Oc4ccc5c6ccccc6n(-c6cc(C(C)C)ccn6)c5c4)c3)c2)c(C)c1. The topological polar surface area (TPSA) is 44.9 Å². The molecule has 3 aromatic heterocycles. The van der Waals surface area contributed by atoms with E-state index in [0.717, 1.165) is 46.0 Å². The van der Waals surface area contributed by atoms with Crippen LogP contribution in [0.25, 0.3) is 44.4 Å². The van der Waals surface area contributed by atoms with Crippen LogP contribution in [0.2, 0.25) is 0 Å². The molecule has 0 aliphatic heterocycles. The minimum Gasteiger partial charge on any atom is -0.457 e. The van der Waals surface area contributed by atoms with E-state index < -0.39 is 0 Å². The highest BCUT2D eigenvalue weighted by atomic mass is 16.5. The molecule has 4 aromatic carbocycles. The second kappa shape index (κ2) is 12.3. The van der Waals surface area contributed by atoms with Gasteiger partial charge in [0, 0.05) is 40.9 Å². The molecule has 0 bridgehead atoms. The van der Waals surface area contributed by atoms with Crippen LogP contribution in [0.3, 0.4) is 0 Å². The van der Waals surface area contributed by atoms with Crippen LogP contribution in [-0.4, -0.2) is 19.3 Å². The van der Waals surface area contributed by atoms with Crippen molar-refractivity contribution in [1.82, 2.24) is 19.3 Å². The molecule has 0 unspecified atom stereocenters. The van der Waals surface area contributed by atoms with Crippen LogP contribution in [0, 0.1) is 13.8 Å². The predicted octanol–water partition coefficient (Wildman–Crippen LogP) is 10.9. The maximum absolute atomic E-state index is 6.50. The van der Waals surface area contributed by atoms with Crippen molar-refractivity contribution < 1.29 is 4.74 Å². The molecule has 5 nitrogen and oxygen atoms in total. The van der Waals surface area contributed by atoms with Crippen LogP contribution in [0.4, 0.5) is 0 Å². The highest BCUT2D eigenvalue weighted by molar-refractivity contribution is 6.09. The number of pyridine rings is 1. The van der Waals surface area contributed by atoms with Gasteiger partial charge in [0.2, 0.25) is 0 Å². The quantitative estimate of drug-likeness (QED) is 0.165. The molecule has 7 aromatic rings. The van der Waals surface area contributed by atoms with Crippen molar-refractivity contribution in [3.05, 3.63) is 132 Å². The fourth-order valence-corrected chi connectivity index (χ4v) is 6.63. The Morgan fingerprint density at radius 1 is 0.783 bits per heavy atom. The third kappa shape index (κ3) is 5.58. The average molecular weight is 605 g/mol. The Labute approximate surface area is 271 Å². The zero-order valence-corrected chi connectivity index (χ0v) is 27.3. The normalized spacial score (nSPS) is 11.6. The van der Waals surface area contributed by atoms with E-state index >= 15 is 0 Å². The lowest BCUT2D eigenvalue weighted by Gasteiger charge is -2.12. The largest absolute Gasteiger partial charge is 0.457 e. The van der Waals surface area contributed by atoms with Crippen molar-refractivity contribution in [3.63, 3.8) is 0 Å². The van der Waals surface area contributed by atoms with E-state index in [9.17, 15) is 0 Å². The van der Waals surface area contributed by atoms with Crippen molar-refractivity contribution in [2.24, 2.45) is 0 Å². The molecule has 0 atom stereocenters. The molecule has 0 saturated carbocycles. The van der Waals surface area contributed by atoms with Gasteiger partial charge < -0.3 is 4.74 Å². The average Bonchev–Trinajstić information content (AvgIpc) is 3.67. The number of unbranched alkanes of at least 4 members (excludes halogenated alkanes) is 1. The van der Waals surface area contributed by atoms with E-state index in [2.05, 4.69) is 112 Å². The summed E-state index contributed by atoms with van der Waals surface area (Å²) in [7, 11) is 0. The van der Waals surface area contributed by atoms with Gasteiger partial charge in [0.25, 0.3) is 0 Å². The number of fused-ring (bicyclic) bond motifs is 3. The van der Waals surface area contributed by atoms with Crippen molar-refractivity contribution >= 4 is 21.8 Å². The Kier molecular flexibility index (Phi) is 7.91. The summed E-state index contributed by atoms with van der Waals surface area (Å²) in [6.45, 7) is 11.1. The van der Waals surface area contributed by atoms with Crippen LogP contribution >= 0.6 is 0 Å². The van der Waals surface area contributed by atoms with Gasteiger partial charge in [0.1, 0.15) is 17.3 Å². The summed E-state index contributed by atoms with van der Waals surface area (Å²) < 4.78 is 10.7. The summed E-state index contributed by atoms with van der Waals surface area (Å²) in [6.07, 6.45) is 9.53. The van der Waals surface area contributed by atoms with Crippen LogP contribution in [0.1, 0.15) is 61.8 Å². The number of aryl methyl sites for hydroxylation is 3. The van der Waals surface area contributed by atoms with Gasteiger partial charge >= 0.3 is 0 Å². The highest BCUT2D eigenvalue weighted by Gasteiger charge is 2.16. The molecule has 0 radical (unpaired) electrons. The summed E-state index contributed by atoms with van der Waals surface area (Å²) in [6, 6.07) is 31.9. The van der Waals surface area contributed by atoms with Crippen LogP contribution in [0.5, 0.6) is 11.5 Å². The molecular formula is C41H40N4O. The lowest BCUT2D eigenvalue weighted by atomic mass is 9.94. The van der Waals surface area contributed by atoms with Crippen LogP contribution in [-0.2, 0) is 6.42 Å². The summed E-state index contributed by atoms with van der Waals surface area (Å²) >= 11 is 0. The summed E-state index contributed by atoms with van der Waals surface area (Å²) in [5.41, 5.74) is 10.8. The van der Waals surface area contributed by atoms with Crippen molar-refractivity contribution in [1.29, 1.82) is 0 Å². The first-order valence-electron chi connectivity index (χ1n) is 16.3. The van der Waals surface area contributed by atoms with Gasteiger partial charge in [-0.3, -0.25) is 4.57 Å². The molecular weight excluding hydrogens is 564 g/mol. The number of aromatic nitrogens is 4. The van der Waals surface area contributed by atoms with Gasteiger partial charge in [-0.05, 0) is 103 Å². The fourth-order valence-electron chi connectivity index (χ4n) is 6.63. The van der Waals surface area contributed by atoms with Gasteiger partial charge in [0.15, 0.2) is 0 Å². The maximum Gasteiger partial charge on any atom is 0.137 e. The summed E-state index contributed by atoms with van der Waals surface area (Å²) in [5, 5.41) is 7.11. The standard InChI is InChI=1S/C41H40N4O/c1-6-7-11-30-20-28(4)41(29(5)21-30)32-25-43-44(26-32)33-12-10-13-34(23-33)46-35-16-17-37-36-14-8-9-15-38(36)45(39(37)24-35)40-22-31(27(2)3)18-19-42-40/h8-10,12-27H,6-7,11H2,1-5H3. The van der Waals surface area contributed by atoms with Gasteiger partial charge in [-0.15, -0.1) is 0 Å². The monoisotopic (exact) mass is 604 g/mol. The zero-order chi connectivity index (χ0) is 31.8. The smallest absolute Gasteiger partial charge is 0.137 e. The second-order valence-electron chi connectivity index (χ2n) is 12.6. The lowest BCUT2D eigenvalue weighted by molar-refractivity contribution is 0.483. The van der Waals surface area contributed by atoms with E-state index in [-0.39, 0.29) is 0 Å². The first kappa shape index (κ1) is 29.5. The van der Waals surface area contributed by atoms with Gasteiger partial charge in [-0.25, -0.2) is 9.67 Å². The molecule has 0 spiro atoms. The Hall–Kier alpha value is -5.16. The van der Waals surface area contributed by atoms with Gasteiger partial charge in [-0.1, -0.05) is 63.6 Å². The molecule has 0 aliphatic carbocycles. The third-order valence-corrected chi connectivity index (χ3v) is 8.91. The molecule has 0 amide bonds. The molecule has 0 N–H and O–H groups in total. The minimum atomic E-state index is 0.413. The summed E-state index contributed by atoms with van der Waals surface area (Å²) in [5.74, 6) is 2.84. The molecule has 7 rings (SSSR count). The van der Waals surface area contributed by atoms with E-state index in [0.29, 0.717) is 5.92 Å². The number of nitrogens with zero attached hydrogens (tertiary/aromatic N) is 4. The number of hydrogen-bond acceptors (Lipinski definition) is 3.